The molecule has 0 aliphatic heterocycles. The molecule has 1 unspecified atom stereocenters. The Morgan fingerprint density at radius 3 is 1.77 bits per heavy atom. The predicted molar refractivity (Wildman–Crippen MR) is 132 cm³/mol. The Bertz CT molecular complexity index is 1160. The van der Waals surface area contributed by atoms with E-state index >= 15 is 0 Å². The minimum atomic E-state index is -5.08. The van der Waals surface area contributed by atoms with Gasteiger partial charge in [-0.05, 0) is 41.8 Å². The summed E-state index contributed by atoms with van der Waals surface area (Å²) in [6.07, 6.45) is -1.71. The van der Waals surface area contributed by atoms with E-state index in [1.165, 1.54) is 28.4 Å². The lowest BCUT2D eigenvalue weighted by Crippen LogP contribution is -2.34. The highest BCUT2D eigenvalue weighted by molar-refractivity contribution is 5.80. The van der Waals surface area contributed by atoms with Gasteiger partial charge in [-0.1, -0.05) is 18.2 Å². The molecule has 214 valence electrons. The summed E-state index contributed by atoms with van der Waals surface area (Å²) in [5.74, 6) is -2.49. The third-order valence-electron chi connectivity index (χ3n) is 4.77. The molecule has 0 aliphatic rings. The maximum atomic E-state index is 12.2. The minimum absolute atomic E-state index is 0.0305. The molecule has 0 bridgehead atoms. The number of carbonyl (C=O) groups excluding carboxylic acids is 1. The number of halogens is 3. The highest BCUT2D eigenvalue weighted by Crippen LogP contribution is 2.38. The lowest BCUT2D eigenvalue weighted by molar-refractivity contribution is -0.192. The number of hydrogen-bond acceptors (Lipinski definition) is 9. The topological polar surface area (TPSA) is 164 Å². The van der Waals surface area contributed by atoms with Crippen LogP contribution < -0.4 is 29.4 Å². The van der Waals surface area contributed by atoms with Crippen LogP contribution >= 0.6 is 0 Å². The summed E-state index contributed by atoms with van der Waals surface area (Å²) in [5.41, 5.74) is 7.25. The van der Waals surface area contributed by atoms with Crippen molar-refractivity contribution in [2.45, 2.75) is 25.1 Å². The molecule has 2 aromatic rings. The number of benzene rings is 2. The Balaban J connectivity index is 0.000000956. The molecule has 0 spiro atoms. The summed E-state index contributed by atoms with van der Waals surface area (Å²) in [6.45, 7) is 0. The molecule has 14 heteroatoms. The van der Waals surface area contributed by atoms with E-state index in [9.17, 15) is 22.8 Å². The van der Waals surface area contributed by atoms with Gasteiger partial charge in [0.1, 0.15) is 6.04 Å². The largest absolute Gasteiger partial charge is 0.493 e. The summed E-state index contributed by atoms with van der Waals surface area (Å²) in [5, 5.41) is 15.9. The van der Waals surface area contributed by atoms with E-state index in [1.807, 2.05) is 12.2 Å². The molecule has 11 nitrogen and oxygen atoms in total. The molecule has 1 atom stereocenters. The van der Waals surface area contributed by atoms with Gasteiger partial charge in [0.05, 0.1) is 28.4 Å². The molecular formula is C25H28F3NO10. The van der Waals surface area contributed by atoms with Crippen molar-refractivity contribution in [1.82, 2.24) is 0 Å². The van der Waals surface area contributed by atoms with Gasteiger partial charge in [-0.15, -0.1) is 0 Å². The number of carboxylic acid groups (broad SMARTS) is 2. The van der Waals surface area contributed by atoms with Crippen LogP contribution in [0.25, 0.3) is 12.2 Å². The molecule has 0 saturated heterocycles. The number of hydrogen-bond donors (Lipinski definition) is 3. The number of aliphatic carboxylic acids is 2. The maximum absolute atomic E-state index is 12.2. The SMILES string of the molecule is COc1ccc(/C=C/c2cc(OC)c(OC)c(OC)c2)cc1OC(=O)C(N)CCC(=O)O.O=C(O)C(F)(F)F. The van der Waals surface area contributed by atoms with Gasteiger partial charge in [0.25, 0.3) is 0 Å². The van der Waals surface area contributed by atoms with Crippen molar-refractivity contribution in [3.05, 3.63) is 41.5 Å². The molecule has 4 N–H and O–H groups in total. The highest BCUT2D eigenvalue weighted by Gasteiger charge is 2.38. The van der Waals surface area contributed by atoms with Gasteiger partial charge in [0.2, 0.25) is 5.75 Å². The van der Waals surface area contributed by atoms with E-state index in [4.69, 9.17) is 44.4 Å². The van der Waals surface area contributed by atoms with E-state index in [0.717, 1.165) is 11.1 Å². The summed E-state index contributed by atoms with van der Waals surface area (Å²) < 4.78 is 58.4. The highest BCUT2D eigenvalue weighted by atomic mass is 19.4. The fraction of sp³-hybridized carbons (Fsp3) is 0.320. The lowest BCUT2D eigenvalue weighted by atomic mass is 10.1. The number of nitrogens with two attached hydrogens (primary N) is 1. The van der Waals surface area contributed by atoms with Gasteiger partial charge in [-0.2, -0.15) is 13.2 Å². The normalized spacial score (nSPS) is 11.6. The van der Waals surface area contributed by atoms with Crippen LogP contribution in [-0.2, 0) is 14.4 Å². The van der Waals surface area contributed by atoms with Gasteiger partial charge in [-0.3, -0.25) is 4.79 Å². The Kier molecular flexibility index (Phi) is 12.6. The zero-order valence-corrected chi connectivity index (χ0v) is 21.4. The third-order valence-corrected chi connectivity index (χ3v) is 4.77. The number of carbonyl (C=O) groups is 3. The summed E-state index contributed by atoms with van der Waals surface area (Å²) >= 11 is 0. The molecule has 0 heterocycles. The van der Waals surface area contributed by atoms with Crippen LogP contribution in [0.2, 0.25) is 0 Å². The van der Waals surface area contributed by atoms with Crippen molar-refractivity contribution < 1.29 is 61.5 Å². The third kappa shape index (κ3) is 10.4. The first kappa shape index (κ1) is 32.6. The maximum Gasteiger partial charge on any atom is 0.490 e. The molecule has 0 fully saturated rings. The number of methoxy groups -OCH3 is 4. The Labute approximate surface area is 221 Å². The fourth-order valence-corrected chi connectivity index (χ4v) is 2.85. The van der Waals surface area contributed by atoms with Gasteiger partial charge in [0.15, 0.2) is 23.0 Å². The first-order valence-electron chi connectivity index (χ1n) is 10.9. The second-order valence-corrected chi connectivity index (χ2v) is 7.47. The van der Waals surface area contributed by atoms with Gasteiger partial charge in [0, 0.05) is 6.42 Å². The van der Waals surface area contributed by atoms with Crippen LogP contribution in [0.3, 0.4) is 0 Å². The molecule has 0 aromatic heterocycles. The summed E-state index contributed by atoms with van der Waals surface area (Å²) in [7, 11) is 6.05. The van der Waals surface area contributed by atoms with Gasteiger partial charge < -0.3 is 39.6 Å². The van der Waals surface area contributed by atoms with Crippen LogP contribution in [0.4, 0.5) is 13.2 Å². The van der Waals surface area contributed by atoms with Crippen molar-refractivity contribution in [3.63, 3.8) is 0 Å². The second-order valence-electron chi connectivity index (χ2n) is 7.47. The second kappa shape index (κ2) is 15.1. The molecule has 2 aromatic carbocycles. The predicted octanol–water partition coefficient (Wildman–Crippen LogP) is 3.62. The van der Waals surface area contributed by atoms with Crippen LogP contribution in [0, 0.1) is 0 Å². The fourth-order valence-electron chi connectivity index (χ4n) is 2.85. The average molecular weight is 559 g/mol. The van der Waals surface area contributed by atoms with Crippen molar-refractivity contribution in [3.8, 4) is 28.7 Å². The first-order valence-corrected chi connectivity index (χ1v) is 10.9. The number of alkyl halides is 3. The van der Waals surface area contributed by atoms with Crippen LogP contribution in [0.15, 0.2) is 30.3 Å². The Hall–Kier alpha value is -4.46. The summed E-state index contributed by atoms with van der Waals surface area (Å²) in [6, 6.07) is 7.59. The smallest absolute Gasteiger partial charge is 0.490 e. The average Bonchev–Trinajstić information content (AvgIpc) is 2.89. The minimum Gasteiger partial charge on any atom is -0.493 e. The van der Waals surface area contributed by atoms with Crippen molar-refractivity contribution in [2.75, 3.05) is 28.4 Å². The molecule has 0 amide bonds. The quantitative estimate of drug-likeness (QED) is 0.209. The molecule has 2 rings (SSSR count). The van der Waals surface area contributed by atoms with E-state index in [1.54, 1.807) is 30.3 Å². The lowest BCUT2D eigenvalue weighted by Gasteiger charge is -2.13. The summed E-state index contributed by atoms with van der Waals surface area (Å²) in [4.78, 5) is 31.8. The number of ether oxygens (including phenoxy) is 5. The van der Waals surface area contributed by atoms with Crippen LogP contribution in [-0.4, -0.2) is 68.8 Å². The van der Waals surface area contributed by atoms with Crippen LogP contribution in [0.1, 0.15) is 24.0 Å². The monoisotopic (exact) mass is 559 g/mol. The molecule has 0 aliphatic carbocycles. The van der Waals surface area contributed by atoms with Crippen molar-refractivity contribution in [2.24, 2.45) is 5.73 Å². The number of carboxylic acids is 2. The molecule has 0 radical (unpaired) electrons. The van der Waals surface area contributed by atoms with Crippen molar-refractivity contribution >= 4 is 30.1 Å². The van der Waals surface area contributed by atoms with E-state index < -0.39 is 30.1 Å². The van der Waals surface area contributed by atoms with E-state index in [-0.39, 0.29) is 18.6 Å². The number of rotatable bonds is 11. The van der Waals surface area contributed by atoms with Crippen molar-refractivity contribution in [1.29, 1.82) is 0 Å². The molecule has 0 saturated carbocycles. The Morgan fingerprint density at radius 1 is 0.846 bits per heavy atom. The standard InChI is InChI=1S/C23H27NO8.C2HF3O2/c1-28-17-9-7-14(11-18(17)32-23(27)16(24)8-10-21(25)26)5-6-15-12-19(29-2)22(31-4)20(13-15)30-3;3-2(4,5)1(6)7/h5-7,9,11-13,16H,8,10,24H2,1-4H3,(H,25,26);(H,6,7)/b6-5+;. The van der Waals surface area contributed by atoms with Gasteiger partial charge in [-0.25, -0.2) is 9.59 Å². The van der Waals surface area contributed by atoms with E-state index in [0.29, 0.717) is 23.0 Å². The molecule has 39 heavy (non-hydrogen) atoms. The van der Waals surface area contributed by atoms with E-state index in [2.05, 4.69) is 0 Å². The Morgan fingerprint density at radius 2 is 1.33 bits per heavy atom. The van der Waals surface area contributed by atoms with Gasteiger partial charge >= 0.3 is 24.1 Å². The number of esters is 1. The van der Waals surface area contributed by atoms with Crippen LogP contribution in [0.5, 0.6) is 28.7 Å². The first-order chi connectivity index (χ1) is 18.3. The zero-order chi connectivity index (χ0) is 29.8. The zero-order valence-electron chi connectivity index (χ0n) is 21.4. The molecular weight excluding hydrogens is 531 g/mol.